The number of hydrogen-bond donors (Lipinski definition) is 0. The number of sulfone groups is 1. The first-order chi connectivity index (χ1) is 12.0. The number of rotatable bonds is 4. The standard InChI is InChI=1S/C16H20ClN3O4S2/c1-11-16(12(2)19(3)18-11)26(23,24)20-9-8-15(10-20)25(21,22)14-6-4-13(17)5-7-14/h4-7,15H,8-10H2,1-3H3/t15-/m1/s1. The van der Waals surface area contributed by atoms with Crippen LogP contribution in [-0.2, 0) is 26.9 Å². The summed E-state index contributed by atoms with van der Waals surface area (Å²) in [5.74, 6) is 0. The normalized spacial score (nSPS) is 19.2. The zero-order valence-electron chi connectivity index (χ0n) is 14.7. The van der Waals surface area contributed by atoms with E-state index in [1.807, 2.05) is 0 Å². The molecule has 142 valence electrons. The highest BCUT2D eigenvalue weighted by Gasteiger charge is 2.41. The minimum Gasteiger partial charge on any atom is -0.271 e. The Hall–Kier alpha value is -1.42. The summed E-state index contributed by atoms with van der Waals surface area (Å²) >= 11 is 5.81. The fourth-order valence-corrected chi connectivity index (χ4v) is 7.05. The molecule has 26 heavy (non-hydrogen) atoms. The molecule has 0 saturated carbocycles. The first-order valence-corrected chi connectivity index (χ1v) is 11.4. The zero-order chi connectivity index (χ0) is 19.3. The fraction of sp³-hybridized carbons (Fsp3) is 0.438. The van der Waals surface area contributed by atoms with Gasteiger partial charge in [-0.2, -0.15) is 9.40 Å². The van der Waals surface area contributed by atoms with Crippen molar-refractivity contribution in [2.75, 3.05) is 13.1 Å². The van der Waals surface area contributed by atoms with Crippen molar-refractivity contribution in [3.05, 3.63) is 40.7 Å². The lowest BCUT2D eigenvalue weighted by molar-refractivity contribution is 0.475. The van der Waals surface area contributed by atoms with E-state index in [9.17, 15) is 16.8 Å². The first-order valence-electron chi connectivity index (χ1n) is 8.05. The van der Waals surface area contributed by atoms with Crippen LogP contribution in [0.3, 0.4) is 0 Å². The van der Waals surface area contributed by atoms with Gasteiger partial charge in [-0.25, -0.2) is 16.8 Å². The average Bonchev–Trinajstić information content (AvgIpc) is 3.14. The van der Waals surface area contributed by atoms with Gasteiger partial charge >= 0.3 is 0 Å². The smallest absolute Gasteiger partial charge is 0.246 e. The van der Waals surface area contributed by atoms with Crippen LogP contribution >= 0.6 is 11.6 Å². The number of benzene rings is 1. The molecule has 1 fully saturated rings. The van der Waals surface area contributed by atoms with E-state index in [0.29, 0.717) is 16.4 Å². The topological polar surface area (TPSA) is 89.3 Å². The molecule has 3 rings (SSSR count). The summed E-state index contributed by atoms with van der Waals surface area (Å²) in [6, 6.07) is 5.93. The molecule has 0 bridgehead atoms. The van der Waals surface area contributed by atoms with Gasteiger partial charge in [-0.1, -0.05) is 11.6 Å². The lowest BCUT2D eigenvalue weighted by Gasteiger charge is -2.17. The summed E-state index contributed by atoms with van der Waals surface area (Å²) in [6.07, 6.45) is 0.253. The van der Waals surface area contributed by atoms with Gasteiger partial charge in [0.1, 0.15) is 4.90 Å². The van der Waals surface area contributed by atoms with Gasteiger partial charge in [0, 0.05) is 25.2 Å². The number of aryl methyl sites for hydroxylation is 2. The van der Waals surface area contributed by atoms with Gasteiger partial charge < -0.3 is 0 Å². The van der Waals surface area contributed by atoms with Crippen molar-refractivity contribution in [3.63, 3.8) is 0 Å². The highest BCUT2D eigenvalue weighted by atomic mass is 35.5. The van der Waals surface area contributed by atoms with Crippen LogP contribution < -0.4 is 0 Å². The van der Waals surface area contributed by atoms with Gasteiger partial charge in [0.25, 0.3) is 0 Å². The monoisotopic (exact) mass is 417 g/mol. The largest absolute Gasteiger partial charge is 0.271 e. The van der Waals surface area contributed by atoms with E-state index in [1.165, 1.54) is 33.3 Å². The summed E-state index contributed by atoms with van der Waals surface area (Å²) < 4.78 is 54.4. The molecule has 0 N–H and O–H groups in total. The molecule has 1 aromatic carbocycles. The second kappa shape index (κ2) is 6.63. The van der Waals surface area contributed by atoms with Crippen LogP contribution in [0.15, 0.2) is 34.1 Å². The average molecular weight is 418 g/mol. The van der Waals surface area contributed by atoms with Gasteiger partial charge in [-0.3, -0.25) is 4.68 Å². The van der Waals surface area contributed by atoms with Crippen LogP contribution in [-0.4, -0.2) is 49.3 Å². The Bertz CT molecular complexity index is 1040. The molecule has 1 aromatic heterocycles. The zero-order valence-corrected chi connectivity index (χ0v) is 17.1. The second-order valence-electron chi connectivity index (χ2n) is 6.40. The van der Waals surface area contributed by atoms with Gasteiger partial charge in [0.05, 0.1) is 21.5 Å². The van der Waals surface area contributed by atoms with Crippen molar-refractivity contribution in [2.45, 2.75) is 35.3 Å². The third-order valence-corrected chi connectivity index (χ3v) is 9.29. The maximum Gasteiger partial charge on any atom is 0.246 e. The molecule has 1 aliphatic rings. The number of halogens is 1. The van der Waals surface area contributed by atoms with Crippen molar-refractivity contribution >= 4 is 31.5 Å². The summed E-state index contributed by atoms with van der Waals surface area (Å²) in [7, 11) is -5.75. The molecule has 0 radical (unpaired) electrons. The Morgan fingerprint density at radius 3 is 2.27 bits per heavy atom. The van der Waals surface area contributed by atoms with E-state index in [2.05, 4.69) is 5.10 Å². The summed E-state index contributed by atoms with van der Waals surface area (Å²) in [5.41, 5.74) is 0.945. The molecule has 10 heteroatoms. The van der Waals surface area contributed by atoms with Crippen molar-refractivity contribution in [1.29, 1.82) is 0 Å². The highest BCUT2D eigenvalue weighted by molar-refractivity contribution is 7.92. The molecule has 1 saturated heterocycles. The van der Waals surface area contributed by atoms with Gasteiger partial charge in [0.2, 0.25) is 10.0 Å². The molecule has 2 aromatic rings. The van der Waals surface area contributed by atoms with Crippen LogP contribution in [0.25, 0.3) is 0 Å². The van der Waals surface area contributed by atoms with E-state index in [4.69, 9.17) is 11.6 Å². The van der Waals surface area contributed by atoms with Crippen LogP contribution in [0.4, 0.5) is 0 Å². The van der Waals surface area contributed by atoms with E-state index in [1.54, 1.807) is 20.9 Å². The Morgan fingerprint density at radius 1 is 1.12 bits per heavy atom. The van der Waals surface area contributed by atoms with E-state index < -0.39 is 25.1 Å². The molecule has 2 heterocycles. The lowest BCUT2D eigenvalue weighted by atomic mass is 10.4. The Labute approximate surface area is 158 Å². The summed E-state index contributed by atoms with van der Waals surface area (Å²) in [6.45, 7) is 3.41. The summed E-state index contributed by atoms with van der Waals surface area (Å²) in [4.78, 5) is 0.310. The maximum atomic E-state index is 13.0. The van der Waals surface area contributed by atoms with Crippen LogP contribution in [0, 0.1) is 13.8 Å². The molecular formula is C16H20ClN3O4S2. The van der Waals surface area contributed by atoms with Crippen molar-refractivity contribution in [3.8, 4) is 0 Å². The second-order valence-corrected chi connectivity index (χ2v) is 10.9. The number of hydrogen-bond acceptors (Lipinski definition) is 5. The SMILES string of the molecule is Cc1nn(C)c(C)c1S(=O)(=O)N1CC[C@@H](S(=O)(=O)c2ccc(Cl)cc2)C1. The molecule has 0 amide bonds. The van der Waals surface area contributed by atoms with Gasteiger partial charge in [0.15, 0.2) is 9.84 Å². The van der Waals surface area contributed by atoms with E-state index in [0.717, 1.165) is 0 Å². The summed E-state index contributed by atoms with van der Waals surface area (Å²) in [5, 5.41) is 3.82. The van der Waals surface area contributed by atoms with Crippen LogP contribution in [0.1, 0.15) is 17.8 Å². The van der Waals surface area contributed by atoms with E-state index >= 15 is 0 Å². The van der Waals surface area contributed by atoms with Crippen molar-refractivity contribution in [2.24, 2.45) is 7.05 Å². The molecule has 7 nitrogen and oxygen atoms in total. The molecule has 0 unspecified atom stereocenters. The lowest BCUT2D eigenvalue weighted by Crippen LogP contribution is -2.32. The Morgan fingerprint density at radius 2 is 1.73 bits per heavy atom. The number of nitrogens with zero attached hydrogens (tertiary/aromatic N) is 3. The predicted molar refractivity (Wildman–Crippen MR) is 98.5 cm³/mol. The Balaban J connectivity index is 1.89. The minimum atomic E-state index is -3.80. The molecule has 0 spiro atoms. The molecule has 1 atom stereocenters. The van der Waals surface area contributed by atoms with Crippen LogP contribution in [0.2, 0.25) is 5.02 Å². The van der Waals surface area contributed by atoms with E-state index in [-0.39, 0.29) is 29.3 Å². The van der Waals surface area contributed by atoms with Crippen LogP contribution in [0.5, 0.6) is 0 Å². The quantitative estimate of drug-likeness (QED) is 0.758. The first kappa shape index (κ1) is 19.3. The van der Waals surface area contributed by atoms with Gasteiger partial charge in [-0.05, 0) is 44.5 Å². The predicted octanol–water partition coefficient (Wildman–Crippen LogP) is 1.93. The Kier molecular flexibility index (Phi) is 4.93. The van der Waals surface area contributed by atoms with Crippen molar-refractivity contribution < 1.29 is 16.8 Å². The molecule has 0 aliphatic carbocycles. The highest BCUT2D eigenvalue weighted by Crippen LogP contribution is 2.30. The molecular weight excluding hydrogens is 398 g/mol. The third-order valence-electron chi connectivity index (χ3n) is 4.73. The minimum absolute atomic E-state index is 0.0684. The van der Waals surface area contributed by atoms with Gasteiger partial charge in [-0.15, -0.1) is 0 Å². The molecule has 1 aliphatic heterocycles. The maximum absolute atomic E-state index is 13.0. The third kappa shape index (κ3) is 3.17. The fourth-order valence-electron chi connectivity index (χ4n) is 3.24. The number of sulfonamides is 1. The number of aromatic nitrogens is 2. The van der Waals surface area contributed by atoms with Crippen molar-refractivity contribution in [1.82, 2.24) is 14.1 Å².